The van der Waals surface area contributed by atoms with Crippen molar-refractivity contribution in [2.24, 2.45) is 0 Å². The highest BCUT2D eigenvalue weighted by Gasteiger charge is 2.19. The van der Waals surface area contributed by atoms with Gasteiger partial charge in [-0.15, -0.1) is 0 Å². The average molecular weight is 407 g/mol. The minimum atomic E-state index is 0.0117. The van der Waals surface area contributed by atoms with E-state index in [-0.39, 0.29) is 6.04 Å². The van der Waals surface area contributed by atoms with Crippen molar-refractivity contribution >= 4 is 5.82 Å². The van der Waals surface area contributed by atoms with Gasteiger partial charge >= 0.3 is 0 Å². The molecule has 0 amide bonds. The Balaban J connectivity index is 1.57. The number of hydrogen-bond donors (Lipinski definition) is 0. The molecule has 3 heterocycles. The number of rotatable bonds is 7. The fraction of sp³-hybridized carbons (Fsp3) is 0.238. The highest BCUT2D eigenvalue weighted by molar-refractivity contribution is 5.69. The van der Waals surface area contributed by atoms with Gasteiger partial charge in [0.05, 0.1) is 31.4 Å². The number of benzene rings is 1. The number of methoxy groups -OCH3 is 2. The maximum Gasteiger partial charge on any atom is 0.259 e. The first-order chi connectivity index (χ1) is 14.6. The molecule has 0 N–H and O–H groups in total. The molecule has 154 valence electrons. The van der Waals surface area contributed by atoms with Crippen molar-refractivity contribution in [3.63, 3.8) is 0 Å². The number of para-hydroxylation sites is 1. The molecule has 0 aliphatic rings. The van der Waals surface area contributed by atoms with Crippen LogP contribution in [-0.4, -0.2) is 41.5 Å². The zero-order chi connectivity index (χ0) is 21.1. The van der Waals surface area contributed by atoms with Crippen LogP contribution in [0.4, 0.5) is 5.82 Å². The summed E-state index contributed by atoms with van der Waals surface area (Å²) in [4.78, 5) is 11.0. The van der Waals surface area contributed by atoms with Crippen molar-refractivity contribution in [2.45, 2.75) is 13.0 Å². The maximum atomic E-state index is 5.46. The number of hydrogen-bond acceptors (Lipinski definition) is 9. The molecule has 1 aromatic carbocycles. The number of ether oxygens (including phenoxy) is 2. The third-order valence-corrected chi connectivity index (χ3v) is 4.89. The summed E-state index contributed by atoms with van der Waals surface area (Å²) in [6.07, 6.45) is 3.25. The Labute approximate surface area is 173 Å². The van der Waals surface area contributed by atoms with Gasteiger partial charge in [-0.25, -0.2) is 4.98 Å². The van der Waals surface area contributed by atoms with Crippen molar-refractivity contribution in [2.75, 3.05) is 26.2 Å². The second-order valence-electron chi connectivity index (χ2n) is 6.58. The normalized spacial score (nSPS) is 11.9. The monoisotopic (exact) mass is 407 g/mol. The number of pyridine rings is 1. The number of aromatic nitrogens is 4. The summed E-state index contributed by atoms with van der Waals surface area (Å²) in [7, 11) is 5.10. The van der Waals surface area contributed by atoms with Crippen molar-refractivity contribution in [1.29, 1.82) is 0 Å². The molecule has 1 atom stereocenters. The van der Waals surface area contributed by atoms with Crippen LogP contribution in [0.5, 0.6) is 11.5 Å². The highest BCUT2D eigenvalue weighted by Crippen LogP contribution is 2.37. The van der Waals surface area contributed by atoms with E-state index in [0.717, 1.165) is 11.5 Å². The lowest BCUT2D eigenvalue weighted by atomic mass is 10.1. The molecule has 0 bridgehead atoms. The molecular formula is C21H21N5O4. The quantitative estimate of drug-likeness (QED) is 0.450. The van der Waals surface area contributed by atoms with E-state index in [1.807, 2.05) is 55.3 Å². The second kappa shape index (κ2) is 8.24. The first kappa shape index (κ1) is 19.4. The second-order valence-corrected chi connectivity index (χ2v) is 6.58. The van der Waals surface area contributed by atoms with E-state index in [2.05, 4.69) is 20.3 Å². The Bertz CT molecular complexity index is 1110. The molecule has 0 fully saturated rings. The summed E-state index contributed by atoms with van der Waals surface area (Å²) >= 11 is 0. The van der Waals surface area contributed by atoms with Crippen LogP contribution in [0.3, 0.4) is 0 Å². The SMILES string of the molecule is COc1cccc(-c2noc(-c3ccc(N(C)C(C)c4ccon4)nc3)n2)c1OC. The van der Waals surface area contributed by atoms with Crippen LogP contribution in [0.25, 0.3) is 22.8 Å². The van der Waals surface area contributed by atoms with Gasteiger partial charge < -0.3 is 23.4 Å². The molecule has 9 nitrogen and oxygen atoms in total. The average Bonchev–Trinajstić information content (AvgIpc) is 3.50. The van der Waals surface area contributed by atoms with Crippen molar-refractivity contribution in [3.8, 4) is 34.3 Å². The van der Waals surface area contributed by atoms with E-state index in [1.54, 1.807) is 26.7 Å². The van der Waals surface area contributed by atoms with Gasteiger partial charge in [-0.3, -0.25) is 0 Å². The molecule has 4 rings (SSSR count). The Morgan fingerprint density at radius 3 is 2.57 bits per heavy atom. The largest absolute Gasteiger partial charge is 0.493 e. The van der Waals surface area contributed by atoms with E-state index in [4.69, 9.17) is 18.5 Å². The maximum absolute atomic E-state index is 5.46. The van der Waals surface area contributed by atoms with Crippen LogP contribution in [0.1, 0.15) is 18.7 Å². The Kier molecular flexibility index (Phi) is 5.34. The molecular weight excluding hydrogens is 386 g/mol. The topological polar surface area (TPSA) is 99.5 Å². The Hall–Kier alpha value is -3.88. The Morgan fingerprint density at radius 1 is 1.03 bits per heavy atom. The molecule has 0 aliphatic heterocycles. The molecule has 3 aromatic heterocycles. The van der Waals surface area contributed by atoms with E-state index >= 15 is 0 Å². The lowest BCUT2D eigenvalue weighted by Gasteiger charge is -2.24. The van der Waals surface area contributed by atoms with E-state index in [0.29, 0.717) is 34.3 Å². The molecule has 0 radical (unpaired) electrons. The molecule has 0 saturated carbocycles. The van der Waals surface area contributed by atoms with Gasteiger partial charge in [-0.1, -0.05) is 16.4 Å². The summed E-state index contributed by atoms with van der Waals surface area (Å²) < 4.78 is 21.2. The summed E-state index contributed by atoms with van der Waals surface area (Å²) in [6, 6.07) is 11.1. The van der Waals surface area contributed by atoms with Crippen LogP contribution in [-0.2, 0) is 0 Å². The van der Waals surface area contributed by atoms with Crippen molar-refractivity contribution in [1.82, 2.24) is 20.3 Å². The van der Waals surface area contributed by atoms with Gasteiger partial charge in [0.1, 0.15) is 17.8 Å². The van der Waals surface area contributed by atoms with Crippen LogP contribution in [0.2, 0.25) is 0 Å². The highest BCUT2D eigenvalue weighted by atomic mass is 16.5. The standard InChI is InChI=1S/C21H21N5O4/c1-13(16-10-11-29-24-16)26(2)18-9-8-14(12-22-18)21-23-20(25-30-21)15-6-5-7-17(27-3)19(15)28-4/h5-13H,1-4H3. The minimum absolute atomic E-state index is 0.0117. The third kappa shape index (κ3) is 3.57. The smallest absolute Gasteiger partial charge is 0.259 e. The summed E-state index contributed by atoms with van der Waals surface area (Å²) in [5, 5.41) is 8.08. The van der Waals surface area contributed by atoms with Gasteiger partial charge in [0.15, 0.2) is 11.5 Å². The molecule has 1 unspecified atom stereocenters. The van der Waals surface area contributed by atoms with Crippen molar-refractivity contribution in [3.05, 3.63) is 54.6 Å². The zero-order valence-electron chi connectivity index (χ0n) is 17.1. The van der Waals surface area contributed by atoms with Gasteiger partial charge in [0, 0.05) is 19.3 Å². The fourth-order valence-electron chi connectivity index (χ4n) is 3.07. The predicted octanol–water partition coefficient (Wildman–Crippen LogP) is 4.00. The lowest BCUT2D eigenvalue weighted by molar-refractivity contribution is 0.355. The van der Waals surface area contributed by atoms with E-state index < -0.39 is 0 Å². The van der Waals surface area contributed by atoms with Crippen LogP contribution >= 0.6 is 0 Å². The Morgan fingerprint density at radius 2 is 1.90 bits per heavy atom. The first-order valence-corrected chi connectivity index (χ1v) is 9.27. The van der Waals surface area contributed by atoms with Gasteiger partial charge in [0.25, 0.3) is 5.89 Å². The molecule has 0 aliphatic carbocycles. The fourth-order valence-corrected chi connectivity index (χ4v) is 3.07. The van der Waals surface area contributed by atoms with E-state index in [9.17, 15) is 0 Å². The molecule has 4 aromatic rings. The van der Waals surface area contributed by atoms with Gasteiger partial charge in [-0.2, -0.15) is 4.98 Å². The lowest BCUT2D eigenvalue weighted by Crippen LogP contribution is -2.22. The molecule has 0 saturated heterocycles. The van der Waals surface area contributed by atoms with Crippen molar-refractivity contribution < 1.29 is 18.5 Å². The molecule has 9 heteroatoms. The third-order valence-electron chi connectivity index (χ3n) is 4.89. The summed E-state index contributed by atoms with van der Waals surface area (Å²) in [6.45, 7) is 2.03. The van der Waals surface area contributed by atoms with E-state index in [1.165, 1.54) is 0 Å². The first-order valence-electron chi connectivity index (χ1n) is 9.27. The summed E-state index contributed by atoms with van der Waals surface area (Å²) in [5.41, 5.74) is 2.22. The predicted molar refractivity (Wildman–Crippen MR) is 109 cm³/mol. The number of anilines is 1. The van der Waals surface area contributed by atoms with Gasteiger partial charge in [0.2, 0.25) is 5.82 Å². The van der Waals surface area contributed by atoms with Crippen LogP contribution in [0.15, 0.2) is 57.9 Å². The molecule has 0 spiro atoms. The van der Waals surface area contributed by atoms with Crippen LogP contribution < -0.4 is 14.4 Å². The zero-order valence-corrected chi connectivity index (χ0v) is 17.1. The molecule has 30 heavy (non-hydrogen) atoms. The van der Waals surface area contributed by atoms with Crippen LogP contribution in [0, 0.1) is 0 Å². The summed E-state index contributed by atoms with van der Waals surface area (Å²) in [5.74, 6) is 2.69. The minimum Gasteiger partial charge on any atom is -0.493 e. The number of nitrogens with zero attached hydrogens (tertiary/aromatic N) is 5. The van der Waals surface area contributed by atoms with Gasteiger partial charge in [-0.05, 0) is 31.2 Å².